The minimum absolute atomic E-state index is 0.105. The van der Waals surface area contributed by atoms with Gasteiger partial charge in [-0.15, -0.1) is 5.10 Å². The molecule has 32 heavy (non-hydrogen) atoms. The van der Waals surface area contributed by atoms with Crippen LogP contribution in [0.15, 0.2) is 24.4 Å². The number of hydrogen-bond donors (Lipinski definition) is 2. The highest BCUT2D eigenvalue weighted by Gasteiger charge is 2.25. The number of methoxy groups -OCH3 is 1. The van der Waals surface area contributed by atoms with E-state index in [1.807, 2.05) is 18.3 Å². The van der Waals surface area contributed by atoms with Crippen molar-refractivity contribution in [1.29, 1.82) is 0 Å². The van der Waals surface area contributed by atoms with E-state index in [0.717, 1.165) is 48.7 Å². The van der Waals surface area contributed by atoms with Crippen LogP contribution in [0.5, 0.6) is 11.5 Å². The Hall–Kier alpha value is -3.14. The van der Waals surface area contributed by atoms with Gasteiger partial charge in [0.15, 0.2) is 11.5 Å². The van der Waals surface area contributed by atoms with Gasteiger partial charge in [0.05, 0.1) is 13.3 Å². The Morgan fingerprint density at radius 3 is 2.94 bits per heavy atom. The van der Waals surface area contributed by atoms with Crippen LogP contribution in [0.2, 0.25) is 0 Å². The lowest BCUT2D eigenvalue weighted by Crippen LogP contribution is -2.46. The van der Waals surface area contributed by atoms with Gasteiger partial charge in [0, 0.05) is 37.7 Å². The number of benzene rings is 1. The Bertz CT molecular complexity index is 887. The van der Waals surface area contributed by atoms with E-state index in [1.54, 1.807) is 11.8 Å². The standard InChI is InChI=1S/C21H29N5O3.CH2O2/c1-28-19-8-4-6-16-13-25-10-3-2-7-18(25)12-22-20(27)9-5-11-26-14-17(23-24-26)15-29-21(16)19;2-1-3/h4,6,8,14,18H,2-3,5,7,9-13,15H2,1H3,(H,22,27);1H,(H,2,3). The third-order valence-electron chi connectivity index (χ3n) is 5.68. The second kappa shape index (κ2) is 12.0. The van der Waals surface area contributed by atoms with Crippen LogP contribution in [-0.4, -0.2) is 63.6 Å². The van der Waals surface area contributed by atoms with Crippen LogP contribution in [0, 0.1) is 0 Å². The molecule has 4 rings (SSSR count). The second-order valence-corrected chi connectivity index (χ2v) is 7.84. The van der Waals surface area contributed by atoms with Crippen molar-refractivity contribution in [1.82, 2.24) is 25.2 Å². The van der Waals surface area contributed by atoms with Gasteiger partial charge in [-0.25, -0.2) is 0 Å². The lowest BCUT2D eigenvalue weighted by atomic mass is 10.0. The fourth-order valence-electron chi connectivity index (χ4n) is 4.11. The minimum atomic E-state index is -0.250. The number of aryl methyl sites for hydroxylation is 1. The molecule has 3 heterocycles. The fraction of sp³-hybridized carbons (Fsp3) is 0.545. The van der Waals surface area contributed by atoms with E-state index in [-0.39, 0.29) is 12.4 Å². The van der Waals surface area contributed by atoms with Gasteiger partial charge >= 0.3 is 0 Å². The zero-order chi connectivity index (χ0) is 22.8. The van der Waals surface area contributed by atoms with Gasteiger partial charge in [-0.2, -0.15) is 0 Å². The number of para-hydroxylation sites is 1. The average molecular weight is 446 g/mol. The summed E-state index contributed by atoms with van der Waals surface area (Å²) in [6.07, 6.45) is 6.58. The van der Waals surface area contributed by atoms with E-state index >= 15 is 0 Å². The zero-order valence-corrected chi connectivity index (χ0v) is 18.4. The van der Waals surface area contributed by atoms with E-state index < -0.39 is 0 Å². The van der Waals surface area contributed by atoms with Gasteiger partial charge in [0.25, 0.3) is 6.47 Å². The molecule has 0 radical (unpaired) electrons. The zero-order valence-electron chi connectivity index (χ0n) is 18.4. The van der Waals surface area contributed by atoms with Gasteiger partial charge in [0.2, 0.25) is 5.91 Å². The van der Waals surface area contributed by atoms with E-state index in [2.05, 4.69) is 26.6 Å². The second-order valence-electron chi connectivity index (χ2n) is 7.84. The van der Waals surface area contributed by atoms with Gasteiger partial charge in [-0.3, -0.25) is 19.2 Å². The molecule has 1 amide bonds. The van der Waals surface area contributed by atoms with Gasteiger partial charge in [-0.1, -0.05) is 23.8 Å². The minimum Gasteiger partial charge on any atom is -0.493 e. The van der Waals surface area contributed by atoms with Crippen LogP contribution < -0.4 is 14.8 Å². The van der Waals surface area contributed by atoms with E-state index in [4.69, 9.17) is 19.4 Å². The molecule has 1 aromatic heterocycles. The van der Waals surface area contributed by atoms with Crippen LogP contribution in [0.4, 0.5) is 0 Å². The van der Waals surface area contributed by atoms with Crippen LogP contribution in [0.3, 0.4) is 0 Å². The monoisotopic (exact) mass is 445 g/mol. The van der Waals surface area contributed by atoms with E-state index in [9.17, 15) is 4.79 Å². The molecule has 2 aliphatic heterocycles. The molecule has 2 bridgehead atoms. The van der Waals surface area contributed by atoms with E-state index in [0.29, 0.717) is 32.2 Å². The molecule has 2 aromatic rings. The Labute approximate surface area is 187 Å². The molecule has 174 valence electrons. The van der Waals surface area contributed by atoms with Crippen LogP contribution >= 0.6 is 0 Å². The third kappa shape index (κ3) is 6.43. The van der Waals surface area contributed by atoms with Crippen molar-refractivity contribution in [3.05, 3.63) is 35.7 Å². The lowest BCUT2D eigenvalue weighted by Gasteiger charge is -2.36. The maximum absolute atomic E-state index is 12.3. The molecule has 0 saturated carbocycles. The Kier molecular flexibility index (Phi) is 8.85. The molecule has 10 heteroatoms. The Morgan fingerprint density at radius 1 is 1.28 bits per heavy atom. The van der Waals surface area contributed by atoms with Crippen molar-refractivity contribution in [3.8, 4) is 11.5 Å². The molecule has 10 nitrogen and oxygen atoms in total. The fourth-order valence-corrected chi connectivity index (χ4v) is 4.11. The van der Waals surface area contributed by atoms with Gasteiger partial charge in [0.1, 0.15) is 12.3 Å². The topological polar surface area (TPSA) is 119 Å². The summed E-state index contributed by atoms with van der Waals surface area (Å²) >= 11 is 0. The summed E-state index contributed by atoms with van der Waals surface area (Å²) in [5.74, 6) is 1.58. The number of nitrogens with one attached hydrogen (secondary N) is 1. The maximum atomic E-state index is 12.3. The number of fused-ring (bicyclic) bond motifs is 4. The summed E-state index contributed by atoms with van der Waals surface area (Å²) in [6, 6.07) is 6.34. The normalized spacial score (nSPS) is 19.8. The molecule has 1 atom stereocenters. The number of carboxylic acid groups (broad SMARTS) is 1. The summed E-state index contributed by atoms with van der Waals surface area (Å²) in [7, 11) is 1.66. The number of carbonyl (C=O) groups excluding carboxylic acids is 1. The first-order valence-electron chi connectivity index (χ1n) is 10.9. The van der Waals surface area contributed by atoms with Crippen LogP contribution in [0.1, 0.15) is 43.4 Å². The molecule has 0 aliphatic carbocycles. The highest BCUT2D eigenvalue weighted by molar-refractivity contribution is 5.75. The molecule has 1 fully saturated rings. The van der Waals surface area contributed by atoms with Gasteiger partial charge in [-0.05, 0) is 31.9 Å². The van der Waals surface area contributed by atoms with Crippen molar-refractivity contribution in [2.75, 3.05) is 20.2 Å². The number of piperidine rings is 1. The number of amides is 1. The molecule has 2 N–H and O–H groups in total. The highest BCUT2D eigenvalue weighted by atomic mass is 16.5. The van der Waals surface area contributed by atoms with Crippen LogP contribution in [-0.2, 0) is 29.3 Å². The number of rotatable bonds is 1. The maximum Gasteiger partial charge on any atom is 0.290 e. The molecule has 1 unspecified atom stereocenters. The molecule has 1 aromatic carbocycles. The summed E-state index contributed by atoms with van der Waals surface area (Å²) in [6.45, 7) is 3.21. The van der Waals surface area contributed by atoms with Crippen molar-refractivity contribution < 1.29 is 24.2 Å². The predicted octanol–water partition coefficient (Wildman–Crippen LogP) is 1.83. The number of aromatic nitrogens is 3. The highest BCUT2D eigenvalue weighted by Crippen LogP contribution is 2.33. The quantitative estimate of drug-likeness (QED) is 0.638. The summed E-state index contributed by atoms with van der Waals surface area (Å²) in [4.78, 5) is 23.1. The largest absolute Gasteiger partial charge is 0.493 e. The molecule has 0 spiro atoms. The van der Waals surface area contributed by atoms with Crippen molar-refractivity contribution in [2.45, 2.75) is 57.8 Å². The smallest absolute Gasteiger partial charge is 0.290 e. The molecular weight excluding hydrogens is 414 g/mol. The third-order valence-corrected chi connectivity index (χ3v) is 5.68. The first-order chi connectivity index (χ1) is 15.6. The van der Waals surface area contributed by atoms with Crippen LogP contribution in [0.25, 0.3) is 0 Å². The number of nitrogens with zero attached hydrogens (tertiary/aromatic N) is 4. The average Bonchev–Trinajstić information content (AvgIpc) is 3.25. The summed E-state index contributed by atoms with van der Waals surface area (Å²) < 4.78 is 13.5. The summed E-state index contributed by atoms with van der Waals surface area (Å²) in [5, 5.41) is 18.4. The first-order valence-corrected chi connectivity index (χ1v) is 10.9. The number of carbonyl (C=O) groups is 2. The lowest BCUT2D eigenvalue weighted by molar-refractivity contribution is -0.123. The molecule has 2 aliphatic rings. The summed E-state index contributed by atoms with van der Waals surface area (Å²) in [5.41, 5.74) is 1.84. The SMILES string of the molecule is COc1cccc2c1OCc1cn(nn1)CCCC(=O)NCC1CCCCN1C2.O=CO. The van der Waals surface area contributed by atoms with Crippen molar-refractivity contribution in [2.24, 2.45) is 0 Å². The van der Waals surface area contributed by atoms with Crippen molar-refractivity contribution >= 4 is 12.4 Å². The number of ether oxygens (including phenoxy) is 2. The Balaban J connectivity index is 0.000000913. The number of hydrogen-bond acceptors (Lipinski definition) is 7. The Morgan fingerprint density at radius 2 is 2.12 bits per heavy atom. The first kappa shape index (κ1) is 23.5. The van der Waals surface area contributed by atoms with Crippen molar-refractivity contribution in [3.63, 3.8) is 0 Å². The van der Waals surface area contributed by atoms with Gasteiger partial charge < -0.3 is 19.9 Å². The molecule has 1 saturated heterocycles. The van der Waals surface area contributed by atoms with E-state index in [1.165, 1.54) is 12.8 Å². The molecular formula is C22H31N5O5. The predicted molar refractivity (Wildman–Crippen MR) is 116 cm³/mol.